The molecule has 1 aliphatic rings. The highest BCUT2D eigenvalue weighted by Gasteiger charge is 2.24. The number of aromatic nitrogens is 2. The van der Waals surface area contributed by atoms with Crippen molar-refractivity contribution in [3.63, 3.8) is 0 Å². The van der Waals surface area contributed by atoms with Gasteiger partial charge in [0, 0.05) is 31.7 Å². The Hall–Kier alpha value is -3.28. The van der Waals surface area contributed by atoms with Crippen molar-refractivity contribution in [3.05, 3.63) is 77.6 Å². The number of halogens is 1. The maximum Gasteiger partial charge on any atom is 0.256 e. The highest BCUT2D eigenvalue weighted by atomic mass is 19.1. The molecule has 5 nitrogen and oxygen atoms in total. The molecular formula is C22H21FN4O. The maximum atomic E-state index is 13.9. The zero-order valence-electron chi connectivity index (χ0n) is 15.7. The molecule has 0 atom stereocenters. The van der Waals surface area contributed by atoms with Crippen LogP contribution in [0.3, 0.4) is 0 Å². The quantitative estimate of drug-likeness (QED) is 0.701. The fourth-order valence-corrected chi connectivity index (χ4v) is 3.44. The van der Waals surface area contributed by atoms with E-state index in [9.17, 15) is 9.18 Å². The van der Waals surface area contributed by atoms with Gasteiger partial charge in [-0.1, -0.05) is 36.4 Å². The number of nitrogens with zero attached hydrogens (tertiary/aromatic N) is 4. The molecule has 1 amide bonds. The maximum absolute atomic E-state index is 13.9. The minimum atomic E-state index is -0.479. The topological polar surface area (TPSA) is 49.3 Å². The number of benzene rings is 2. The van der Waals surface area contributed by atoms with Crippen LogP contribution < -0.4 is 4.90 Å². The molecule has 1 saturated heterocycles. The van der Waals surface area contributed by atoms with E-state index in [1.54, 1.807) is 17.0 Å². The van der Waals surface area contributed by atoms with Gasteiger partial charge in [0.2, 0.25) is 0 Å². The fraction of sp³-hybridized carbons (Fsp3) is 0.227. The predicted molar refractivity (Wildman–Crippen MR) is 107 cm³/mol. The average Bonchev–Trinajstić information content (AvgIpc) is 2.74. The van der Waals surface area contributed by atoms with Crippen molar-refractivity contribution in [2.45, 2.75) is 6.92 Å². The lowest BCUT2D eigenvalue weighted by Gasteiger charge is -2.35. The SMILES string of the molecule is Cc1ccccc1-c1ccc(N2CCN(C(=O)c3ccccc3F)CC2)nn1. The standard InChI is InChI=1S/C22H21FN4O/c1-16-6-2-3-7-17(16)20-10-11-21(25-24-20)26-12-14-27(15-13-26)22(28)18-8-4-5-9-19(18)23/h2-11H,12-15H2,1H3. The summed E-state index contributed by atoms with van der Waals surface area (Å²) in [5.74, 6) is 0.0432. The van der Waals surface area contributed by atoms with Gasteiger partial charge in [-0.25, -0.2) is 4.39 Å². The molecule has 1 aromatic heterocycles. The van der Waals surface area contributed by atoms with Gasteiger partial charge in [-0.15, -0.1) is 10.2 Å². The van der Waals surface area contributed by atoms with Crippen molar-refractivity contribution in [3.8, 4) is 11.3 Å². The van der Waals surface area contributed by atoms with Crippen molar-refractivity contribution in [1.29, 1.82) is 0 Å². The largest absolute Gasteiger partial charge is 0.352 e. The molecule has 0 bridgehead atoms. The van der Waals surface area contributed by atoms with E-state index in [1.165, 1.54) is 12.1 Å². The van der Waals surface area contributed by atoms with Crippen LogP contribution in [-0.2, 0) is 0 Å². The van der Waals surface area contributed by atoms with Crippen molar-refractivity contribution >= 4 is 11.7 Å². The molecule has 1 fully saturated rings. The van der Waals surface area contributed by atoms with Crippen LogP contribution in [0.4, 0.5) is 10.2 Å². The summed E-state index contributed by atoms with van der Waals surface area (Å²) in [6.07, 6.45) is 0. The van der Waals surface area contributed by atoms with Crippen LogP contribution >= 0.6 is 0 Å². The van der Waals surface area contributed by atoms with E-state index in [0.717, 1.165) is 22.6 Å². The van der Waals surface area contributed by atoms with Crippen molar-refractivity contribution in [1.82, 2.24) is 15.1 Å². The van der Waals surface area contributed by atoms with Gasteiger partial charge in [0.25, 0.3) is 5.91 Å². The van der Waals surface area contributed by atoms with E-state index < -0.39 is 5.82 Å². The Morgan fingerprint density at radius 3 is 2.29 bits per heavy atom. The fourth-order valence-electron chi connectivity index (χ4n) is 3.44. The van der Waals surface area contributed by atoms with E-state index in [2.05, 4.69) is 28.1 Å². The monoisotopic (exact) mass is 376 g/mol. The first-order valence-corrected chi connectivity index (χ1v) is 9.32. The Morgan fingerprint density at radius 1 is 0.893 bits per heavy atom. The first-order chi connectivity index (χ1) is 13.6. The summed E-state index contributed by atoms with van der Waals surface area (Å²) in [6, 6.07) is 18.1. The third-order valence-corrected chi connectivity index (χ3v) is 5.07. The van der Waals surface area contributed by atoms with Crippen LogP contribution in [0.5, 0.6) is 0 Å². The van der Waals surface area contributed by atoms with Gasteiger partial charge in [0.15, 0.2) is 5.82 Å². The summed E-state index contributed by atoms with van der Waals surface area (Å²) >= 11 is 0. The molecule has 0 saturated carbocycles. The van der Waals surface area contributed by atoms with E-state index in [0.29, 0.717) is 26.2 Å². The Morgan fingerprint density at radius 2 is 1.61 bits per heavy atom. The number of rotatable bonds is 3. The van der Waals surface area contributed by atoms with Gasteiger partial charge in [-0.2, -0.15) is 0 Å². The lowest BCUT2D eigenvalue weighted by Crippen LogP contribution is -2.49. The highest BCUT2D eigenvalue weighted by Crippen LogP contribution is 2.22. The predicted octanol–water partition coefficient (Wildman–Crippen LogP) is 3.55. The molecule has 142 valence electrons. The summed E-state index contributed by atoms with van der Waals surface area (Å²) in [6.45, 7) is 4.37. The number of piperazine rings is 1. The van der Waals surface area contributed by atoms with Crippen LogP contribution in [0.1, 0.15) is 15.9 Å². The van der Waals surface area contributed by atoms with Crippen molar-refractivity contribution < 1.29 is 9.18 Å². The van der Waals surface area contributed by atoms with E-state index >= 15 is 0 Å². The summed E-state index contributed by atoms with van der Waals surface area (Å²) in [5, 5.41) is 8.75. The van der Waals surface area contributed by atoms with Crippen LogP contribution in [-0.4, -0.2) is 47.2 Å². The van der Waals surface area contributed by atoms with Gasteiger partial charge in [0.05, 0.1) is 11.3 Å². The molecule has 0 aliphatic carbocycles. The molecule has 4 rings (SSSR count). The summed E-state index contributed by atoms with van der Waals surface area (Å²) in [7, 11) is 0. The third kappa shape index (κ3) is 3.58. The highest BCUT2D eigenvalue weighted by molar-refractivity contribution is 5.94. The summed E-state index contributed by atoms with van der Waals surface area (Å²) in [4.78, 5) is 16.3. The number of carbonyl (C=O) groups is 1. The number of hydrogen-bond acceptors (Lipinski definition) is 4. The van der Waals surface area contributed by atoms with Gasteiger partial charge >= 0.3 is 0 Å². The van der Waals surface area contributed by atoms with Crippen LogP contribution in [0.2, 0.25) is 0 Å². The van der Waals surface area contributed by atoms with Gasteiger partial charge in [-0.05, 0) is 36.8 Å². The minimum absolute atomic E-state index is 0.123. The van der Waals surface area contributed by atoms with Gasteiger partial charge < -0.3 is 9.80 Å². The number of aryl methyl sites for hydroxylation is 1. The molecule has 0 spiro atoms. The lowest BCUT2D eigenvalue weighted by atomic mass is 10.1. The second kappa shape index (κ2) is 7.76. The zero-order valence-corrected chi connectivity index (χ0v) is 15.7. The molecular weight excluding hydrogens is 355 g/mol. The molecule has 0 radical (unpaired) electrons. The van der Waals surface area contributed by atoms with Crippen molar-refractivity contribution in [2.24, 2.45) is 0 Å². The van der Waals surface area contributed by atoms with Crippen LogP contribution in [0, 0.1) is 12.7 Å². The molecule has 28 heavy (non-hydrogen) atoms. The Balaban J connectivity index is 1.42. The van der Waals surface area contributed by atoms with E-state index in [-0.39, 0.29) is 11.5 Å². The van der Waals surface area contributed by atoms with Crippen LogP contribution in [0.25, 0.3) is 11.3 Å². The number of anilines is 1. The van der Waals surface area contributed by atoms with Gasteiger partial charge in [-0.3, -0.25) is 4.79 Å². The minimum Gasteiger partial charge on any atom is -0.352 e. The molecule has 2 heterocycles. The summed E-state index contributed by atoms with van der Waals surface area (Å²) in [5.41, 5.74) is 3.19. The second-order valence-electron chi connectivity index (χ2n) is 6.85. The Labute approximate surface area is 163 Å². The number of carbonyl (C=O) groups excluding carboxylic acids is 1. The number of hydrogen-bond donors (Lipinski definition) is 0. The van der Waals surface area contributed by atoms with Crippen LogP contribution in [0.15, 0.2) is 60.7 Å². The normalized spacial score (nSPS) is 14.2. The van der Waals surface area contributed by atoms with E-state index in [4.69, 9.17) is 0 Å². The first-order valence-electron chi connectivity index (χ1n) is 9.32. The zero-order chi connectivity index (χ0) is 19.5. The lowest BCUT2D eigenvalue weighted by molar-refractivity contribution is 0.0742. The molecule has 0 unspecified atom stereocenters. The smallest absolute Gasteiger partial charge is 0.256 e. The van der Waals surface area contributed by atoms with Gasteiger partial charge in [0.1, 0.15) is 5.82 Å². The molecule has 1 aliphatic heterocycles. The first kappa shape index (κ1) is 18.1. The Bertz CT molecular complexity index is 982. The third-order valence-electron chi connectivity index (χ3n) is 5.07. The molecule has 0 N–H and O–H groups in total. The number of amides is 1. The molecule has 2 aromatic carbocycles. The summed E-state index contributed by atoms with van der Waals surface area (Å²) < 4.78 is 13.9. The average molecular weight is 376 g/mol. The van der Waals surface area contributed by atoms with E-state index in [1.807, 2.05) is 30.3 Å². The second-order valence-corrected chi connectivity index (χ2v) is 6.85. The molecule has 3 aromatic rings. The molecule has 6 heteroatoms. The van der Waals surface area contributed by atoms with Crippen molar-refractivity contribution in [2.75, 3.05) is 31.1 Å². The Kier molecular flexibility index (Phi) is 5.02.